The number of hydrogen-bond donors (Lipinski definition) is 1. The van der Waals surface area contributed by atoms with E-state index >= 15 is 0 Å². The lowest BCUT2D eigenvalue weighted by Crippen LogP contribution is -2.41. The second-order valence-corrected chi connectivity index (χ2v) is 10.2. The minimum absolute atomic E-state index is 0.191. The third-order valence-electron chi connectivity index (χ3n) is 4.00. The molecule has 0 aliphatic heterocycles. The van der Waals surface area contributed by atoms with Crippen LogP contribution < -0.4 is 9.62 Å². The van der Waals surface area contributed by atoms with Crippen LogP contribution in [-0.4, -0.2) is 64.3 Å². The predicted octanol–water partition coefficient (Wildman–Crippen LogP) is 2.72. The third-order valence-corrected chi connectivity index (χ3v) is 6.41. The SMILES string of the molecule is CN(C)C(=O)c1ccc(N(CC(=O)NCCSc2ccc(Cl)cc2)S(C)(=O)=O)cc1. The first-order valence-corrected chi connectivity index (χ1v) is 12.2. The van der Waals surface area contributed by atoms with Gasteiger partial charge in [-0.1, -0.05) is 11.6 Å². The van der Waals surface area contributed by atoms with Crippen molar-refractivity contribution in [3.05, 3.63) is 59.1 Å². The summed E-state index contributed by atoms with van der Waals surface area (Å²) in [5, 5.41) is 3.39. The van der Waals surface area contributed by atoms with E-state index in [1.54, 1.807) is 38.0 Å². The van der Waals surface area contributed by atoms with Gasteiger partial charge in [0.15, 0.2) is 0 Å². The van der Waals surface area contributed by atoms with E-state index in [9.17, 15) is 18.0 Å². The first kappa shape index (κ1) is 24.0. The lowest BCUT2D eigenvalue weighted by molar-refractivity contribution is -0.119. The van der Waals surface area contributed by atoms with Crippen molar-refractivity contribution in [2.75, 3.05) is 43.5 Å². The summed E-state index contributed by atoms with van der Waals surface area (Å²) < 4.78 is 25.4. The number of halogens is 1. The molecular formula is C20H24ClN3O4S2. The minimum Gasteiger partial charge on any atom is -0.354 e. The standard InChI is InChI=1S/C20H24ClN3O4S2/c1-23(2)20(26)15-4-8-17(9-5-15)24(30(3,27)28)14-19(25)22-12-13-29-18-10-6-16(21)7-11-18/h4-11H,12-14H2,1-3H3,(H,22,25). The fraction of sp³-hybridized carbons (Fsp3) is 0.300. The summed E-state index contributed by atoms with van der Waals surface area (Å²) in [5.41, 5.74) is 0.749. The average Bonchev–Trinajstić information content (AvgIpc) is 2.69. The maximum absolute atomic E-state index is 12.3. The molecule has 2 aromatic carbocycles. The Kier molecular flexibility index (Phi) is 8.57. The second-order valence-electron chi connectivity index (χ2n) is 6.67. The lowest BCUT2D eigenvalue weighted by atomic mass is 10.2. The Bertz CT molecular complexity index is 978. The van der Waals surface area contributed by atoms with Crippen molar-refractivity contribution >= 4 is 50.9 Å². The monoisotopic (exact) mass is 469 g/mol. The molecule has 7 nitrogen and oxygen atoms in total. The van der Waals surface area contributed by atoms with Crippen LogP contribution in [0.5, 0.6) is 0 Å². The molecule has 2 aromatic rings. The van der Waals surface area contributed by atoms with Crippen molar-refractivity contribution < 1.29 is 18.0 Å². The number of benzene rings is 2. The first-order chi connectivity index (χ1) is 14.1. The summed E-state index contributed by atoms with van der Waals surface area (Å²) >= 11 is 7.41. The van der Waals surface area contributed by atoms with Gasteiger partial charge in [-0.25, -0.2) is 8.42 Å². The molecule has 2 rings (SSSR count). The summed E-state index contributed by atoms with van der Waals surface area (Å²) in [6, 6.07) is 13.5. The Labute approximate surface area is 186 Å². The van der Waals surface area contributed by atoms with Crippen molar-refractivity contribution in [3.63, 3.8) is 0 Å². The molecule has 0 aromatic heterocycles. The highest BCUT2D eigenvalue weighted by molar-refractivity contribution is 7.99. The molecule has 0 unspecified atom stereocenters. The number of hydrogen-bond acceptors (Lipinski definition) is 5. The van der Waals surface area contributed by atoms with Crippen LogP contribution in [0.1, 0.15) is 10.4 Å². The molecule has 0 bridgehead atoms. The molecule has 2 amide bonds. The van der Waals surface area contributed by atoms with Crippen molar-refractivity contribution in [2.45, 2.75) is 4.90 Å². The number of sulfonamides is 1. The third kappa shape index (κ3) is 7.23. The zero-order valence-electron chi connectivity index (χ0n) is 17.0. The number of carbonyl (C=O) groups excluding carboxylic acids is 2. The van der Waals surface area contributed by atoms with Crippen LogP contribution in [-0.2, 0) is 14.8 Å². The van der Waals surface area contributed by atoms with Gasteiger partial charge in [0.2, 0.25) is 15.9 Å². The Morgan fingerprint density at radius 1 is 1.03 bits per heavy atom. The Hall–Kier alpha value is -2.23. The summed E-state index contributed by atoms with van der Waals surface area (Å²) in [4.78, 5) is 26.7. The highest BCUT2D eigenvalue weighted by Gasteiger charge is 2.21. The summed E-state index contributed by atoms with van der Waals surface area (Å²) in [5.74, 6) is 0.0297. The minimum atomic E-state index is -3.68. The zero-order chi connectivity index (χ0) is 22.3. The molecule has 0 atom stereocenters. The molecule has 162 valence electrons. The van der Waals surface area contributed by atoms with Gasteiger partial charge in [-0.05, 0) is 48.5 Å². The van der Waals surface area contributed by atoms with E-state index in [-0.39, 0.29) is 12.5 Å². The molecule has 0 aliphatic carbocycles. The number of thioether (sulfide) groups is 1. The average molecular weight is 470 g/mol. The summed E-state index contributed by atoms with van der Waals surface area (Å²) in [6.45, 7) is 0.0470. The normalized spacial score (nSPS) is 11.1. The van der Waals surface area contributed by atoms with Crippen molar-refractivity contribution in [1.82, 2.24) is 10.2 Å². The largest absolute Gasteiger partial charge is 0.354 e. The smallest absolute Gasteiger partial charge is 0.253 e. The van der Waals surface area contributed by atoms with Crippen LogP contribution in [0.15, 0.2) is 53.4 Å². The van der Waals surface area contributed by atoms with Crippen LogP contribution in [0.25, 0.3) is 0 Å². The van der Waals surface area contributed by atoms with Crippen molar-refractivity contribution in [1.29, 1.82) is 0 Å². The topological polar surface area (TPSA) is 86.8 Å². The molecule has 0 fully saturated rings. The van der Waals surface area contributed by atoms with Gasteiger partial charge in [-0.15, -0.1) is 11.8 Å². The Morgan fingerprint density at radius 2 is 1.63 bits per heavy atom. The number of nitrogens with zero attached hydrogens (tertiary/aromatic N) is 2. The summed E-state index contributed by atoms with van der Waals surface area (Å²) in [6.07, 6.45) is 1.04. The van der Waals surface area contributed by atoms with Crippen LogP contribution in [0, 0.1) is 0 Å². The number of rotatable bonds is 9. The second kappa shape index (κ2) is 10.7. The van der Waals surface area contributed by atoms with E-state index in [0.29, 0.717) is 28.6 Å². The predicted molar refractivity (Wildman–Crippen MR) is 122 cm³/mol. The van der Waals surface area contributed by atoms with Gasteiger partial charge in [0.05, 0.1) is 11.9 Å². The molecule has 0 saturated heterocycles. The fourth-order valence-corrected chi connectivity index (χ4v) is 4.26. The van der Waals surface area contributed by atoms with Crippen LogP contribution in [0.2, 0.25) is 5.02 Å². The Morgan fingerprint density at radius 3 is 2.17 bits per heavy atom. The van der Waals surface area contributed by atoms with E-state index in [2.05, 4.69) is 5.32 Å². The van der Waals surface area contributed by atoms with Crippen LogP contribution >= 0.6 is 23.4 Å². The molecule has 0 heterocycles. The quantitative estimate of drug-likeness (QED) is 0.450. The van der Waals surface area contributed by atoms with Gasteiger partial charge >= 0.3 is 0 Å². The maximum Gasteiger partial charge on any atom is 0.253 e. The maximum atomic E-state index is 12.3. The van der Waals surface area contributed by atoms with Crippen molar-refractivity contribution in [2.24, 2.45) is 0 Å². The highest BCUT2D eigenvalue weighted by atomic mass is 35.5. The van der Waals surface area contributed by atoms with E-state index in [1.807, 2.05) is 12.1 Å². The van der Waals surface area contributed by atoms with E-state index in [1.165, 1.54) is 29.2 Å². The number of anilines is 1. The fourth-order valence-electron chi connectivity index (χ4n) is 2.50. The summed E-state index contributed by atoms with van der Waals surface area (Å²) in [7, 11) is -0.414. The van der Waals surface area contributed by atoms with Crippen molar-refractivity contribution in [3.8, 4) is 0 Å². The van der Waals surface area contributed by atoms with Gasteiger partial charge in [0, 0.05) is 41.9 Å². The molecule has 30 heavy (non-hydrogen) atoms. The zero-order valence-corrected chi connectivity index (χ0v) is 19.4. The van der Waals surface area contributed by atoms with Gasteiger partial charge in [-0.2, -0.15) is 0 Å². The number of nitrogens with one attached hydrogen (secondary N) is 1. The number of amides is 2. The Balaban J connectivity index is 1.95. The van der Waals surface area contributed by atoms with Gasteiger partial charge in [-0.3, -0.25) is 13.9 Å². The highest BCUT2D eigenvalue weighted by Crippen LogP contribution is 2.20. The molecule has 0 aliphatic rings. The molecule has 0 radical (unpaired) electrons. The van der Waals surface area contributed by atoms with Gasteiger partial charge in [0.25, 0.3) is 5.91 Å². The molecule has 0 spiro atoms. The number of carbonyl (C=O) groups is 2. The van der Waals surface area contributed by atoms with E-state index < -0.39 is 15.9 Å². The van der Waals surface area contributed by atoms with E-state index in [0.717, 1.165) is 15.5 Å². The molecular weight excluding hydrogens is 446 g/mol. The van der Waals surface area contributed by atoms with E-state index in [4.69, 9.17) is 11.6 Å². The molecule has 0 saturated carbocycles. The van der Waals surface area contributed by atoms with Gasteiger partial charge in [0.1, 0.15) is 6.54 Å². The van der Waals surface area contributed by atoms with Gasteiger partial charge < -0.3 is 10.2 Å². The molecule has 1 N–H and O–H groups in total. The molecule has 10 heteroatoms. The van der Waals surface area contributed by atoms with Crippen LogP contribution in [0.4, 0.5) is 5.69 Å². The lowest BCUT2D eigenvalue weighted by Gasteiger charge is -2.22. The first-order valence-electron chi connectivity index (χ1n) is 9.02. The van der Waals surface area contributed by atoms with Crippen LogP contribution in [0.3, 0.4) is 0 Å².